The summed E-state index contributed by atoms with van der Waals surface area (Å²) in [5, 5.41) is 15.0. The molecule has 1 aromatic heterocycles. The van der Waals surface area contributed by atoms with Crippen LogP contribution in [0.2, 0.25) is 0 Å². The highest BCUT2D eigenvalue weighted by Gasteiger charge is 2.12. The quantitative estimate of drug-likeness (QED) is 0.266. The van der Waals surface area contributed by atoms with Gasteiger partial charge in [0.2, 0.25) is 11.0 Å². The molecule has 0 aliphatic rings. The highest BCUT2D eigenvalue weighted by molar-refractivity contribution is 8.01. The summed E-state index contributed by atoms with van der Waals surface area (Å²) in [6.45, 7) is 0. The molecule has 0 aliphatic carbocycles. The molecule has 0 aliphatic heterocycles. The van der Waals surface area contributed by atoms with Crippen LogP contribution in [0.15, 0.2) is 77.1 Å². The summed E-state index contributed by atoms with van der Waals surface area (Å²) in [4.78, 5) is 12.4. The Labute approximate surface area is 205 Å². The van der Waals surface area contributed by atoms with Gasteiger partial charge in [-0.15, -0.1) is 10.2 Å². The minimum Gasteiger partial charge on any atom is -0.497 e. The molecule has 8 nitrogen and oxygen atoms in total. The second-order valence-corrected chi connectivity index (χ2v) is 9.04. The second-order valence-electron chi connectivity index (χ2n) is 6.84. The molecule has 0 saturated heterocycles. The van der Waals surface area contributed by atoms with Gasteiger partial charge in [0.25, 0.3) is 0 Å². The van der Waals surface area contributed by atoms with Crippen molar-refractivity contribution in [2.45, 2.75) is 4.34 Å². The standard InChI is InChI=1S/C24H22N4O4S2/c1-30-19-12-13-21(31-2)20(14-19)26-22(29)15-33-24-28-27-23(34-24)25-16-8-10-18(11-9-16)32-17-6-4-3-5-7-17/h3-14H,15H2,1-2H3,(H,25,27)(H,26,29). The number of nitrogens with zero attached hydrogens (tertiary/aromatic N) is 2. The van der Waals surface area contributed by atoms with Crippen molar-refractivity contribution in [2.24, 2.45) is 0 Å². The normalized spacial score (nSPS) is 10.4. The fourth-order valence-electron chi connectivity index (χ4n) is 2.90. The van der Waals surface area contributed by atoms with Crippen LogP contribution in [0.1, 0.15) is 0 Å². The summed E-state index contributed by atoms with van der Waals surface area (Å²) in [5.41, 5.74) is 1.41. The highest BCUT2D eigenvalue weighted by atomic mass is 32.2. The van der Waals surface area contributed by atoms with E-state index >= 15 is 0 Å². The van der Waals surface area contributed by atoms with Crippen molar-refractivity contribution in [3.8, 4) is 23.0 Å². The Morgan fingerprint density at radius 2 is 1.65 bits per heavy atom. The van der Waals surface area contributed by atoms with E-state index in [9.17, 15) is 4.79 Å². The van der Waals surface area contributed by atoms with Gasteiger partial charge in [-0.2, -0.15) is 0 Å². The number of anilines is 3. The van der Waals surface area contributed by atoms with Gasteiger partial charge in [0.1, 0.15) is 23.0 Å². The molecular formula is C24H22N4O4S2. The van der Waals surface area contributed by atoms with Crippen molar-refractivity contribution in [1.29, 1.82) is 0 Å². The third-order valence-corrected chi connectivity index (χ3v) is 6.47. The second kappa shape index (κ2) is 11.4. The molecule has 4 rings (SSSR count). The third-order valence-electron chi connectivity index (χ3n) is 4.50. The number of methoxy groups -OCH3 is 2. The van der Waals surface area contributed by atoms with Crippen LogP contribution in [0.3, 0.4) is 0 Å². The van der Waals surface area contributed by atoms with Gasteiger partial charge in [-0.3, -0.25) is 4.79 Å². The Morgan fingerprint density at radius 3 is 2.38 bits per heavy atom. The zero-order valence-corrected chi connectivity index (χ0v) is 20.1. The van der Waals surface area contributed by atoms with Crippen LogP contribution in [0.5, 0.6) is 23.0 Å². The predicted molar refractivity (Wildman–Crippen MR) is 135 cm³/mol. The van der Waals surface area contributed by atoms with E-state index in [2.05, 4.69) is 20.8 Å². The smallest absolute Gasteiger partial charge is 0.234 e. The molecule has 0 unspecified atom stereocenters. The lowest BCUT2D eigenvalue weighted by Crippen LogP contribution is -2.14. The van der Waals surface area contributed by atoms with E-state index in [1.807, 2.05) is 54.6 Å². The molecule has 4 aromatic rings. The van der Waals surface area contributed by atoms with Crippen LogP contribution in [0, 0.1) is 0 Å². The SMILES string of the molecule is COc1ccc(OC)c(NC(=O)CSc2nnc(Nc3ccc(Oc4ccccc4)cc3)s2)c1. The van der Waals surface area contributed by atoms with Crippen molar-refractivity contribution >= 4 is 45.5 Å². The van der Waals surface area contributed by atoms with E-state index < -0.39 is 0 Å². The summed E-state index contributed by atoms with van der Waals surface area (Å²) < 4.78 is 17.0. The molecule has 0 saturated carbocycles. The number of amides is 1. The first-order chi connectivity index (χ1) is 16.6. The van der Waals surface area contributed by atoms with Crippen molar-refractivity contribution in [3.05, 3.63) is 72.8 Å². The molecule has 0 fully saturated rings. The van der Waals surface area contributed by atoms with Crippen LogP contribution in [0.4, 0.5) is 16.5 Å². The van der Waals surface area contributed by atoms with Crippen LogP contribution in [-0.2, 0) is 4.79 Å². The maximum Gasteiger partial charge on any atom is 0.234 e. The lowest BCUT2D eigenvalue weighted by Gasteiger charge is -2.11. The number of hydrogen-bond donors (Lipinski definition) is 2. The number of thioether (sulfide) groups is 1. The molecule has 3 aromatic carbocycles. The van der Waals surface area contributed by atoms with Crippen molar-refractivity contribution in [2.75, 3.05) is 30.6 Å². The van der Waals surface area contributed by atoms with Gasteiger partial charge in [-0.05, 0) is 48.5 Å². The predicted octanol–water partition coefficient (Wildman–Crippen LogP) is 5.82. The number of benzene rings is 3. The molecule has 1 amide bonds. The Kier molecular flexibility index (Phi) is 7.84. The number of para-hydroxylation sites is 1. The topological polar surface area (TPSA) is 94.6 Å². The van der Waals surface area contributed by atoms with Gasteiger partial charge in [0.05, 0.1) is 25.7 Å². The van der Waals surface area contributed by atoms with Gasteiger partial charge in [-0.25, -0.2) is 0 Å². The molecule has 174 valence electrons. The van der Waals surface area contributed by atoms with Crippen LogP contribution in [-0.4, -0.2) is 36.1 Å². The van der Waals surface area contributed by atoms with Gasteiger partial charge < -0.3 is 24.8 Å². The number of carbonyl (C=O) groups is 1. The molecule has 1 heterocycles. The summed E-state index contributed by atoms with van der Waals surface area (Å²) in [7, 11) is 3.11. The Morgan fingerprint density at radius 1 is 0.912 bits per heavy atom. The van der Waals surface area contributed by atoms with Gasteiger partial charge in [0, 0.05) is 11.8 Å². The molecule has 10 heteroatoms. The zero-order chi connectivity index (χ0) is 23.8. The van der Waals surface area contributed by atoms with Crippen molar-refractivity contribution in [1.82, 2.24) is 10.2 Å². The molecule has 0 atom stereocenters. The Bertz CT molecular complexity index is 1230. The number of carbonyl (C=O) groups excluding carboxylic acids is 1. The average molecular weight is 495 g/mol. The van der Waals surface area contributed by atoms with Gasteiger partial charge >= 0.3 is 0 Å². The minimum absolute atomic E-state index is 0.181. The monoisotopic (exact) mass is 494 g/mol. The van der Waals surface area contributed by atoms with E-state index in [-0.39, 0.29) is 11.7 Å². The molecule has 0 spiro atoms. The van der Waals surface area contributed by atoms with E-state index in [0.29, 0.717) is 26.7 Å². The number of aromatic nitrogens is 2. The van der Waals surface area contributed by atoms with E-state index in [1.54, 1.807) is 32.4 Å². The molecule has 2 N–H and O–H groups in total. The number of ether oxygens (including phenoxy) is 3. The zero-order valence-electron chi connectivity index (χ0n) is 18.5. The lowest BCUT2D eigenvalue weighted by atomic mass is 10.2. The van der Waals surface area contributed by atoms with Crippen molar-refractivity contribution in [3.63, 3.8) is 0 Å². The average Bonchev–Trinajstić information content (AvgIpc) is 3.32. The third kappa shape index (κ3) is 6.40. The number of nitrogens with one attached hydrogen (secondary N) is 2. The summed E-state index contributed by atoms with van der Waals surface area (Å²) >= 11 is 2.68. The molecular weight excluding hydrogens is 472 g/mol. The first kappa shape index (κ1) is 23.4. The van der Waals surface area contributed by atoms with Crippen molar-refractivity contribution < 1.29 is 19.0 Å². The first-order valence-electron chi connectivity index (χ1n) is 10.2. The summed E-state index contributed by atoms with van der Waals surface area (Å²) in [6.07, 6.45) is 0. The minimum atomic E-state index is -0.185. The van der Waals surface area contributed by atoms with Crippen LogP contribution < -0.4 is 24.8 Å². The van der Waals surface area contributed by atoms with E-state index in [0.717, 1.165) is 17.2 Å². The van der Waals surface area contributed by atoms with Gasteiger partial charge in [0.15, 0.2) is 4.34 Å². The van der Waals surface area contributed by atoms with E-state index in [1.165, 1.54) is 23.1 Å². The Hall–Kier alpha value is -3.76. The fraction of sp³-hybridized carbons (Fsp3) is 0.125. The first-order valence-corrected chi connectivity index (χ1v) is 12.0. The summed E-state index contributed by atoms with van der Waals surface area (Å²) in [6, 6.07) is 22.4. The largest absolute Gasteiger partial charge is 0.497 e. The van der Waals surface area contributed by atoms with Gasteiger partial charge in [-0.1, -0.05) is 41.3 Å². The Balaban J connectivity index is 1.29. The number of hydrogen-bond acceptors (Lipinski definition) is 9. The summed E-state index contributed by atoms with van der Waals surface area (Å²) in [5.74, 6) is 2.70. The lowest BCUT2D eigenvalue weighted by molar-refractivity contribution is -0.113. The maximum absolute atomic E-state index is 12.4. The molecule has 34 heavy (non-hydrogen) atoms. The van der Waals surface area contributed by atoms with E-state index in [4.69, 9.17) is 14.2 Å². The maximum atomic E-state index is 12.4. The highest BCUT2D eigenvalue weighted by Crippen LogP contribution is 2.31. The van der Waals surface area contributed by atoms with Crippen LogP contribution in [0.25, 0.3) is 0 Å². The fourth-order valence-corrected chi connectivity index (χ4v) is 4.47. The molecule has 0 bridgehead atoms. The van der Waals surface area contributed by atoms with Crippen LogP contribution >= 0.6 is 23.1 Å². The number of rotatable bonds is 10. The molecule has 0 radical (unpaired) electrons.